The molecule has 1 aromatic rings. The van der Waals surface area contributed by atoms with Crippen LogP contribution in [-0.4, -0.2) is 16.3 Å². The highest BCUT2D eigenvalue weighted by Crippen LogP contribution is 2.16. The van der Waals surface area contributed by atoms with E-state index in [0.717, 1.165) is 30.6 Å². The van der Waals surface area contributed by atoms with Gasteiger partial charge < -0.3 is 0 Å². The topological polar surface area (TPSA) is 53.6 Å². The molecular weight excluding hydrogens is 188 g/mol. The molecule has 0 aliphatic heterocycles. The maximum Gasteiger partial charge on any atom is 0.124 e. The summed E-state index contributed by atoms with van der Waals surface area (Å²) >= 11 is 0. The Morgan fingerprint density at radius 1 is 1.60 bits per heavy atom. The third-order valence-electron chi connectivity index (χ3n) is 2.31. The van der Waals surface area contributed by atoms with E-state index in [1.807, 2.05) is 13.2 Å². The fraction of sp³-hybridized carbons (Fsp3) is 0.636. The summed E-state index contributed by atoms with van der Waals surface area (Å²) < 4.78 is 1.77. The summed E-state index contributed by atoms with van der Waals surface area (Å²) in [6.07, 6.45) is 3.82. The average Bonchev–Trinajstić information content (AvgIpc) is 2.61. The summed E-state index contributed by atoms with van der Waals surface area (Å²) in [4.78, 5) is 0. The van der Waals surface area contributed by atoms with Crippen molar-refractivity contribution in [1.82, 2.24) is 15.1 Å². The minimum absolute atomic E-state index is 0.228. The Morgan fingerprint density at radius 3 is 2.87 bits per heavy atom. The van der Waals surface area contributed by atoms with Crippen LogP contribution in [0.15, 0.2) is 6.20 Å². The molecule has 1 rings (SSSR count). The van der Waals surface area contributed by atoms with Gasteiger partial charge in [-0.3, -0.25) is 10.00 Å². The van der Waals surface area contributed by atoms with Gasteiger partial charge >= 0.3 is 0 Å². The SMILES string of the molecule is CCCNC(C#N)c1cn(C)nc1CC. The number of nitrogens with zero attached hydrogens (tertiary/aromatic N) is 3. The average molecular weight is 206 g/mol. The van der Waals surface area contributed by atoms with Gasteiger partial charge in [0.2, 0.25) is 0 Å². The van der Waals surface area contributed by atoms with Crippen LogP contribution in [0.25, 0.3) is 0 Å². The molecule has 15 heavy (non-hydrogen) atoms. The van der Waals surface area contributed by atoms with E-state index in [4.69, 9.17) is 5.26 Å². The molecule has 0 aliphatic carbocycles. The van der Waals surface area contributed by atoms with Crippen LogP contribution in [-0.2, 0) is 13.5 Å². The van der Waals surface area contributed by atoms with Gasteiger partial charge in [-0.05, 0) is 19.4 Å². The van der Waals surface area contributed by atoms with Crippen LogP contribution in [0.1, 0.15) is 37.6 Å². The fourth-order valence-corrected chi connectivity index (χ4v) is 1.58. The summed E-state index contributed by atoms with van der Waals surface area (Å²) in [7, 11) is 1.89. The second kappa shape index (κ2) is 5.52. The van der Waals surface area contributed by atoms with E-state index in [1.165, 1.54) is 0 Å². The summed E-state index contributed by atoms with van der Waals surface area (Å²) in [5, 5.41) is 16.6. The van der Waals surface area contributed by atoms with Gasteiger partial charge in [-0.15, -0.1) is 0 Å². The van der Waals surface area contributed by atoms with Gasteiger partial charge in [-0.25, -0.2) is 0 Å². The Kier molecular flexibility index (Phi) is 4.32. The van der Waals surface area contributed by atoms with E-state index in [-0.39, 0.29) is 6.04 Å². The van der Waals surface area contributed by atoms with Gasteiger partial charge in [0.25, 0.3) is 0 Å². The van der Waals surface area contributed by atoms with Crippen molar-refractivity contribution in [3.63, 3.8) is 0 Å². The summed E-state index contributed by atoms with van der Waals surface area (Å²) in [5.74, 6) is 0. The first-order chi connectivity index (χ1) is 7.22. The molecule has 1 unspecified atom stereocenters. The van der Waals surface area contributed by atoms with Gasteiger partial charge in [0, 0.05) is 18.8 Å². The summed E-state index contributed by atoms with van der Waals surface area (Å²) in [6.45, 7) is 5.00. The first kappa shape index (κ1) is 11.7. The highest BCUT2D eigenvalue weighted by atomic mass is 15.3. The molecule has 0 bridgehead atoms. The number of rotatable bonds is 5. The number of hydrogen-bond acceptors (Lipinski definition) is 3. The van der Waals surface area contributed by atoms with Gasteiger partial charge in [-0.2, -0.15) is 10.4 Å². The molecule has 4 nitrogen and oxygen atoms in total. The highest BCUT2D eigenvalue weighted by molar-refractivity contribution is 5.26. The largest absolute Gasteiger partial charge is 0.298 e. The van der Waals surface area contributed by atoms with E-state index in [0.29, 0.717) is 0 Å². The van der Waals surface area contributed by atoms with E-state index in [2.05, 4.69) is 30.3 Å². The van der Waals surface area contributed by atoms with Crippen molar-refractivity contribution < 1.29 is 0 Å². The maximum atomic E-state index is 9.09. The smallest absolute Gasteiger partial charge is 0.124 e. The lowest BCUT2D eigenvalue weighted by Crippen LogP contribution is -2.21. The Morgan fingerprint density at radius 2 is 2.33 bits per heavy atom. The molecule has 4 heteroatoms. The quantitative estimate of drug-likeness (QED) is 0.795. The third-order valence-corrected chi connectivity index (χ3v) is 2.31. The molecule has 1 heterocycles. The molecule has 0 aliphatic rings. The Hall–Kier alpha value is -1.34. The lowest BCUT2D eigenvalue weighted by molar-refractivity contribution is 0.617. The molecule has 82 valence electrons. The van der Waals surface area contributed by atoms with Crippen LogP contribution >= 0.6 is 0 Å². The third kappa shape index (κ3) is 2.80. The molecule has 0 amide bonds. The van der Waals surface area contributed by atoms with Gasteiger partial charge in [0.1, 0.15) is 6.04 Å². The van der Waals surface area contributed by atoms with Crippen molar-refractivity contribution in [3.8, 4) is 6.07 Å². The lowest BCUT2D eigenvalue weighted by Gasteiger charge is -2.09. The van der Waals surface area contributed by atoms with Crippen LogP contribution in [0.5, 0.6) is 0 Å². The Labute approximate surface area is 90.9 Å². The second-order valence-corrected chi connectivity index (χ2v) is 3.57. The normalized spacial score (nSPS) is 12.4. The highest BCUT2D eigenvalue weighted by Gasteiger charge is 2.15. The molecule has 0 fully saturated rings. The molecule has 0 radical (unpaired) electrons. The fourth-order valence-electron chi connectivity index (χ4n) is 1.58. The van der Waals surface area contributed by atoms with Gasteiger partial charge in [0.05, 0.1) is 11.8 Å². The number of aromatic nitrogens is 2. The standard InChI is InChI=1S/C11H18N4/c1-4-6-13-11(7-12)9-8-15(3)14-10(9)5-2/h8,11,13H,4-6H2,1-3H3. The number of nitriles is 1. The molecule has 1 aromatic heterocycles. The van der Waals surface area contributed by atoms with Gasteiger partial charge in [0.15, 0.2) is 0 Å². The molecule has 1 atom stereocenters. The molecule has 0 spiro atoms. The zero-order chi connectivity index (χ0) is 11.3. The number of aryl methyl sites for hydroxylation is 2. The van der Waals surface area contributed by atoms with E-state index >= 15 is 0 Å². The van der Waals surface area contributed by atoms with Crippen molar-refractivity contribution in [3.05, 3.63) is 17.5 Å². The van der Waals surface area contributed by atoms with Crippen molar-refractivity contribution in [1.29, 1.82) is 5.26 Å². The predicted molar refractivity (Wildman–Crippen MR) is 59.2 cm³/mol. The first-order valence-corrected chi connectivity index (χ1v) is 5.38. The van der Waals surface area contributed by atoms with Crippen LogP contribution in [0.2, 0.25) is 0 Å². The molecule has 1 N–H and O–H groups in total. The number of nitrogens with one attached hydrogen (secondary N) is 1. The van der Waals surface area contributed by atoms with Crippen molar-refractivity contribution in [2.24, 2.45) is 7.05 Å². The van der Waals surface area contributed by atoms with Crippen LogP contribution in [0.3, 0.4) is 0 Å². The Balaban J connectivity index is 2.86. The second-order valence-electron chi connectivity index (χ2n) is 3.57. The first-order valence-electron chi connectivity index (χ1n) is 5.38. The Bertz CT molecular complexity index is 348. The van der Waals surface area contributed by atoms with E-state index in [9.17, 15) is 0 Å². The van der Waals surface area contributed by atoms with Crippen LogP contribution < -0.4 is 5.32 Å². The van der Waals surface area contributed by atoms with E-state index < -0.39 is 0 Å². The molecule has 0 aromatic carbocycles. The van der Waals surface area contributed by atoms with Crippen LogP contribution in [0, 0.1) is 11.3 Å². The van der Waals surface area contributed by atoms with Crippen molar-refractivity contribution >= 4 is 0 Å². The van der Waals surface area contributed by atoms with Gasteiger partial charge in [-0.1, -0.05) is 13.8 Å². The molecule has 0 saturated heterocycles. The zero-order valence-corrected chi connectivity index (χ0v) is 9.62. The summed E-state index contributed by atoms with van der Waals surface area (Å²) in [5.41, 5.74) is 2.02. The minimum atomic E-state index is -0.228. The van der Waals surface area contributed by atoms with E-state index in [1.54, 1.807) is 4.68 Å². The maximum absolute atomic E-state index is 9.09. The molecule has 0 saturated carbocycles. The van der Waals surface area contributed by atoms with Crippen molar-refractivity contribution in [2.75, 3.05) is 6.54 Å². The van der Waals surface area contributed by atoms with Crippen LogP contribution in [0.4, 0.5) is 0 Å². The predicted octanol–water partition coefficient (Wildman–Crippen LogP) is 1.55. The monoisotopic (exact) mass is 206 g/mol. The van der Waals surface area contributed by atoms with Crippen molar-refractivity contribution in [2.45, 2.75) is 32.7 Å². The minimum Gasteiger partial charge on any atom is -0.298 e. The zero-order valence-electron chi connectivity index (χ0n) is 9.62. The lowest BCUT2D eigenvalue weighted by atomic mass is 10.1. The summed E-state index contributed by atoms with van der Waals surface area (Å²) in [6, 6.07) is 2.05. The number of hydrogen-bond donors (Lipinski definition) is 1. The molecular formula is C11H18N4.